The van der Waals surface area contributed by atoms with E-state index in [0.717, 1.165) is 31.6 Å². The smallest absolute Gasteiger partial charge is 0.119 e. The highest BCUT2D eigenvalue weighted by atomic mass is 16.5. The van der Waals surface area contributed by atoms with Gasteiger partial charge < -0.3 is 10.1 Å². The number of ether oxygens (including phenoxy) is 1. The molecule has 1 rings (SSSR count). The lowest BCUT2D eigenvalue weighted by Gasteiger charge is -2.16. The highest BCUT2D eigenvalue weighted by molar-refractivity contribution is 5.29. The fourth-order valence-electron chi connectivity index (χ4n) is 1.79. The van der Waals surface area contributed by atoms with Crippen molar-refractivity contribution in [2.24, 2.45) is 0 Å². The van der Waals surface area contributed by atoms with Crippen molar-refractivity contribution in [3.63, 3.8) is 0 Å². The quantitative estimate of drug-likeness (QED) is 0.728. The molecular formula is C15H21NO. The third kappa shape index (κ3) is 4.93. The van der Waals surface area contributed by atoms with Gasteiger partial charge in [0.25, 0.3) is 0 Å². The van der Waals surface area contributed by atoms with Gasteiger partial charge in [-0.2, -0.15) is 0 Å². The Labute approximate surface area is 104 Å². The van der Waals surface area contributed by atoms with E-state index in [4.69, 9.17) is 11.2 Å². The molecule has 0 radical (unpaired) electrons. The van der Waals surface area contributed by atoms with Crippen molar-refractivity contribution in [3.05, 3.63) is 29.8 Å². The summed E-state index contributed by atoms with van der Waals surface area (Å²) in [6, 6.07) is 8.50. The standard InChI is InChI=1S/C15H21NO/c1-4-7-14(16-10-5-2)11-13-8-6-9-15(12-13)17-3/h1,6,8-9,12,14,16H,5,7,10-11H2,2-3H3. The maximum Gasteiger partial charge on any atom is 0.119 e. The zero-order valence-electron chi connectivity index (χ0n) is 10.7. The van der Waals surface area contributed by atoms with Crippen LogP contribution >= 0.6 is 0 Å². The van der Waals surface area contributed by atoms with Gasteiger partial charge in [-0.3, -0.25) is 0 Å². The third-order valence-corrected chi connectivity index (χ3v) is 2.66. The molecule has 2 heteroatoms. The van der Waals surface area contributed by atoms with Gasteiger partial charge in [0.05, 0.1) is 7.11 Å². The Morgan fingerprint density at radius 2 is 2.29 bits per heavy atom. The molecule has 0 saturated carbocycles. The van der Waals surface area contributed by atoms with Gasteiger partial charge >= 0.3 is 0 Å². The molecule has 0 bridgehead atoms. The molecule has 0 aliphatic carbocycles. The molecule has 0 fully saturated rings. The first-order valence-electron chi connectivity index (χ1n) is 6.10. The highest BCUT2D eigenvalue weighted by Gasteiger charge is 2.07. The number of hydrogen-bond acceptors (Lipinski definition) is 2. The first kappa shape index (κ1) is 13.6. The zero-order chi connectivity index (χ0) is 12.5. The molecule has 0 aliphatic rings. The Bertz CT molecular complexity index is 367. The van der Waals surface area contributed by atoms with E-state index in [2.05, 4.69) is 30.3 Å². The van der Waals surface area contributed by atoms with Crippen LogP contribution in [0.2, 0.25) is 0 Å². The molecule has 1 N–H and O–H groups in total. The summed E-state index contributed by atoms with van der Waals surface area (Å²) in [5, 5.41) is 3.47. The van der Waals surface area contributed by atoms with E-state index < -0.39 is 0 Å². The minimum Gasteiger partial charge on any atom is -0.497 e. The second-order valence-electron chi connectivity index (χ2n) is 4.11. The molecule has 0 spiro atoms. The fraction of sp³-hybridized carbons (Fsp3) is 0.467. The van der Waals surface area contributed by atoms with Crippen LogP contribution in [0.25, 0.3) is 0 Å². The number of methoxy groups -OCH3 is 1. The molecule has 0 amide bonds. The van der Waals surface area contributed by atoms with Crippen LogP contribution in [0.5, 0.6) is 5.75 Å². The van der Waals surface area contributed by atoms with Crippen LogP contribution in [0, 0.1) is 12.3 Å². The van der Waals surface area contributed by atoms with Crippen molar-refractivity contribution < 1.29 is 4.74 Å². The van der Waals surface area contributed by atoms with Gasteiger partial charge in [0.1, 0.15) is 5.75 Å². The average Bonchev–Trinajstić information content (AvgIpc) is 2.36. The monoisotopic (exact) mass is 231 g/mol. The molecule has 1 aromatic rings. The Morgan fingerprint density at radius 3 is 2.94 bits per heavy atom. The lowest BCUT2D eigenvalue weighted by Crippen LogP contribution is -2.31. The molecule has 1 unspecified atom stereocenters. The van der Waals surface area contributed by atoms with E-state index in [0.29, 0.717) is 6.04 Å². The highest BCUT2D eigenvalue weighted by Crippen LogP contribution is 2.14. The van der Waals surface area contributed by atoms with E-state index in [1.165, 1.54) is 5.56 Å². The normalized spacial score (nSPS) is 11.8. The van der Waals surface area contributed by atoms with Crippen molar-refractivity contribution >= 4 is 0 Å². The van der Waals surface area contributed by atoms with Crippen molar-refractivity contribution in [1.29, 1.82) is 0 Å². The summed E-state index contributed by atoms with van der Waals surface area (Å²) in [5.74, 6) is 3.63. The molecule has 1 aromatic carbocycles. The number of terminal acetylenes is 1. The Balaban J connectivity index is 2.61. The third-order valence-electron chi connectivity index (χ3n) is 2.66. The van der Waals surface area contributed by atoms with Gasteiger partial charge in [-0.05, 0) is 37.1 Å². The lowest BCUT2D eigenvalue weighted by atomic mass is 10.0. The lowest BCUT2D eigenvalue weighted by molar-refractivity contribution is 0.413. The minimum absolute atomic E-state index is 0.354. The molecule has 17 heavy (non-hydrogen) atoms. The van der Waals surface area contributed by atoms with Crippen LogP contribution in [0.4, 0.5) is 0 Å². The molecule has 2 nitrogen and oxygen atoms in total. The van der Waals surface area contributed by atoms with Gasteiger partial charge in [0.2, 0.25) is 0 Å². The largest absolute Gasteiger partial charge is 0.497 e. The van der Waals surface area contributed by atoms with Crippen molar-refractivity contribution in [1.82, 2.24) is 5.32 Å². The van der Waals surface area contributed by atoms with Crippen LogP contribution in [0.15, 0.2) is 24.3 Å². The minimum atomic E-state index is 0.354. The van der Waals surface area contributed by atoms with Gasteiger partial charge in [0, 0.05) is 12.5 Å². The summed E-state index contributed by atoms with van der Waals surface area (Å²) >= 11 is 0. The van der Waals surface area contributed by atoms with Crippen LogP contribution in [0.3, 0.4) is 0 Å². The first-order valence-corrected chi connectivity index (χ1v) is 6.10. The predicted molar refractivity (Wildman–Crippen MR) is 72.2 cm³/mol. The van der Waals surface area contributed by atoms with E-state index >= 15 is 0 Å². The van der Waals surface area contributed by atoms with E-state index in [1.54, 1.807) is 7.11 Å². The van der Waals surface area contributed by atoms with Crippen LogP contribution in [-0.2, 0) is 6.42 Å². The number of benzene rings is 1. The van der Waals surface area contributed by atoms with Gasteiger partial charge in [-0.25, -0.2) is 0 Å². The van der Waals surface area contributed by atoms with E-state index in [-0.39, 0.29) is 0 Å². The van der Waals surface area contributed by atoms with E-state index in [9.17, 15) is 0 Å². The topological polar surface area (TPSA) is 21.3 Å². The van der Waals surface area contributed by atoms with Crippen LogP contribution < -0.4 is 10.1 Å². The van der Waals surface area contributed by atoms with Crippen molar-refractivity contribution in [2.75, 3.05) is 13.7 Å². The van der Waals surface area contributed by atoms with Gasteiger partial charge in [-0.15, -0.1) is 12.3 Å². The number of nitrogens with one attached hydrogen (secondary N) is 1. The summed E-state index contributed by atoms with van der Waals surface area (Å²) in [4.78, 5) is 0. The maximum absolute atomic E-state index is 5.40. The predicted octanol–water partition coefficient (Wildman–Crippen LogP) is 2.63. The summed E-state index contributed by atoms with van der Waals surface area (Å²) in [6.45, 7) is 3.17. The molecule has 0 aliphatic heterocycles. The first-order chi connectivity index (χ1) is 8.30. The van der Waals surface area contributed by atoms with Gasteiger partial charge in [0.15, 0.2) is 0 Å². The summed E-state index contributed by atoms with van der Waals surface area (Å²) in [6.07, 6.45) is 8.23. The molecule has 92 valence electrons. The summed E-state index contributed by atoms with van der Waals surface area (Å²) < 4.78 is 5.22. The Kier molecular flexibility index (Phi) is 6.21. The SMILES string of the molecule is C#CCC(Cc1cccc(OC)c1)NCCC. The van der Waals surface area contributed by atoms with Gasteiger partial charge in [-0.1, -0.05) is 19.1 Å². The van der Waals surface area contributed by atoms with Crippen LogP contribution in [-0.4, -0.2) is 19.7 Å². The second kappa shape index (κ2) is 7.76. The average molecular weight is 231 g/mol. The Hall–Kier alpha value is -1.46. The van der Waals surface area contributed by atoms with Crippen molar-refractivity contribution in [3.8, 4) is 18.1 Å². The Morgan fingerprint density at radius 1 is 1.47 bits per heavy atom. The molecule has 1 atom stereocenters. The summed E-state index contributed by atoms with van der Waals surface area (Å²) in [7, 11) is 1.69. The number of hydrogen-bond donors (Lipinski definition) is 1. The maximum atomic E-state index is 5.40. The van der Waals surface area contributed by atoms with Crippen molar-refractivity contribution in [2.45, 2.75) is 32.2 Å². The zero-order valence-corrected chi connectivity index (χ0v) is 10.7. The molecule has 0 heterocycles. The van der Waals surface area contributed by atoms with Crippen LogP contribution in [0.1, 0.15) is 25.3 Å². The fourth-order valence-corrected chi connectivity index (χ4v) is 1.79. The summed E-state index contributed by atoms with van der Waals surface area (Å²) in [5.41, 5.74) is 1.26. The molecular weight excluding hydrogens is 210 g/mol. The second-order valence-corrected chi connectivity index (χ2v) is 4.11. The van der Waals surface area contributed by atoms with E-state index in [1.807, 2.05) is 12.1 Å². The molecule has 0 aromatic heterocycles. The number of rotatable bonds is 7. The molecule has 0 saturated heterocycles.